The van der Waals surface area contributed by atoms with E-state index in [1.807, 2.05) is 24.3 Å². The summed E-state index contributed by atoms with van der Waals surface area (Å²) >= 11 is 0. The number of piperidine rings is 1. The van der Waals surface area contributed by atoms with E-state index in [1.54, 1.807) is 6.08 Å². The highest BCUT2D eigenvalue weighted by Crippen LogP contribution is 2.34. The van der Waals surface area contributed by atoms with E-state index in [1.165, 1.54) is 4.90 Å². The Morgan fingerprint density at radius 1 is 1.15 bits per heavy atom. The number of hydrogen-bond donors (Lipinski definition) is 0. The largest absolute Gasteiger partial charge is 0.494 e. The Morgan fingerprint density at radius 3 is 2.41 bits per heavy atom. The van der Waals surface area contributed by atoms with E-state index < -0.39 is 0 Å². The van der Waals surface area contributed by atoms with E-state index >= 15 is 0 Å². The summed E-state index contributed by atoms with van der Waals surface area (Å²) in [6.45, 7) is 10.5. The maximum Gasteiger partial charge on any atom is 0.278 e. The Hall–Kier alpha value is -2.56. The lowest BCUT2D eigenvalue weighted by atomic mass is 9.97. The second-order valence-corrected chi connectivity index (χ2v) is 7.28. The Balaban J connectivity index is 1.96. The predicted octanol–water partition coefficient (Wildman–Crippen LogP) is 3.47. The van der Waals surface area contributed by atoms with Gasteiger partial charge in [0.05, 0.1) is 12.2 Å². The molecule has 1 saturated heterocycles. The lowest BCUT2D eigenvalue weighted by Gasteiger charge is -2.32. The summed E-state index contributed by atoms with van der Waals surface area (Å²) < 4.78 is 5.63. The molecule has 5 heteroatoms. The first-order valence-electron chi connectivity index (χ1n) is 9.76. The summed E-state index contributed by atoms with van der Waals surface area (Å²) in [5.41, 5.74) is 1.80. The summed E-state index contributed by atoms with van der Waals surface area (Å²) in [6, 6.07) is 7.47. The Labute approximate surface area is 161 Å². The molecule has 1 aromatic rings. The number of hydrogen-bond acceptors (Lipinski definition) is 4. The van der Waals surface area contributed by atoms with Crippen molar-refractivity contribution >= 4 is 17.4 Å². The van der Waals surface area contributed by atoms with Gasteiger partial charge in [-0.25, -0.2) is 0 Å². The highest BCUT2D eigenvalue weighted by molar-refractivity contribution is 6.35. The molecule has 0 atom stereocenters. The van der Waals surface area contributed by atoms with Gasteiger partial charge in [0.15, 0.2) is 0 Å². The fourth-order valence-corrected chi connectivity index (χ4v) is 3.58. The highest BCUT2D eigenvalue weighted by atomic mass is 16.5. The topological polar surface area (TPSA) is 49.9 Å². The predicted molar refractivity (Wildman–Crippen MR) is 106 cm³/mol. The van der Waals surface area contributed by atoms with Crippen LogP contribution in [0.2, 0.25) is 0 Å². The molecule has 27 heavy (non-hydrogen) atoms. The van der Waals surface area contributed by atoms with Gasteiger partial charge in [-0.15, -0.1) is 6.58 Å². The average molecular weight is 368 g/mol. The minimum atomic E-state index is -0.240. The van der Waals surface area contributed by atoms with Gasteiger partial charge in [0.2, 0.25) is 0 Å². The van der Waals surface area contributed by atoms with Crippen LogP contribution in [0, 0.1) is 5.92 Å². The van der Waals surface area contributed by atoms with Crippen LogP contribution in [0.4, 0.5) is 0 Å². The first-order valence-corrected chi connectivity index (χ1v) is 9.76. The molecule has 0 bridgehead atoms. The average Bonchev–Trinajstić information content (AvgIpc) is 2.92. The lowest BCUT2D eigenvalue weighted by Crippen LogP contribution is -2.38. The van der Waals surface area contributed by atoms with Gasteiger partial charge in [-0.1, -0.05) is 32.1 Å². The molecule has 0 N–H and O–H groups in total. The summed E-state index contributed by atoms with van der Waals surface area (Å²) in [5, 5.41) is 0. The van der Waals surface area contributed by atoms with E-state index in [0.29, 0.717) is 23.8 Å². The van der Waals surface area contributed by atoms with Crippen LogP contribution in [0.5, 0.6) is 5.75 Å². The Morgan fingerprint density at radius 2 is 1.81 bits per heavy atom. The standard InChI is InChI=1S/C22H28N2O3/c1-4-12-24-21(25)19(17-6-8-18(9-7-17)27-15-5-2)20(22(24)26)23-13-10-16(3)11-14-23/h4,6-9,16H,1,5,10-15H2,2-3H3. The van der Waals surface area contributed by atoms with E-state index in [4.69, 9.17) is 4.74 Å². The number of imide groups is 1. The molecule has 0 radical (unpaired) electrons. The first kappa shape index (κ1) is 19.2. The molecule has 0 aliphatic carbocycles. The molecule has 0 unspecified atom stereocenters. The van der Waals surface area contributed by atoms with Crippen LogP contribution in [0.25, 0.3) is 5.57 Å². The van der Waals surface area contributed by atoms with Gasteiger partial charge in [-0.05, 0) is 42.9 Å². The van der Waals surface area contributed by atoms with Crippen molar-refractivity contribution in [3.63, 3.8) is 0 Å². The molecule has 0 saturated carbocycles. The molecule has 2 aliphatic rings. The van der Waals surface area contributed by atoms with Crippen LogP contribution in [0.1, 0.15) is 38.7 Å². The van der Waals surface area contributed by atoms with Gasteiger partial charge < -0.3 is 9.64 Å². The number of nitrogens with zero attached hydrogens (tertiary/aromatic N) is 2. The van der Waals surface area contributed by atoms with Crippen molar-refractivity contribution in [3.05, 3.63) is 48.2 Å². The molecular weight excluding hydrogens is 340 g/mol. The van der Waals surface area contributed by atoms with Crippen molar-refractivity contribution in [3.8, 4) is 5.75 Å². The minimum Gasteiger partial charge on any atom is -0.494 e. The van der Waals surface area contributed by atoms with Gasteiger partial charge in [0.25, 0.3) is 11.8 Å². The first-order chi connectivity index (χ1) is 13.1. The van der Waals surface area contributed by atoms with Crippen LogP contribution in [0.15, 0.2) is 42.6 Å². The zero-order chi connectivity index (χ0) is 19.4. The fourth-order valence-electron chi connectivity index (χ4n) is 3.58. The number of rotatable bonds is 7. The minimum absolute atomic E-state index is 0.212. The number of amides is 2. The molecule has 2 heterocycles. The number of carbonyl (C=O) groups is 2. The van der Waals surface area contributed by atoms with Crippen LogP contribution >= 0.6 is 0 Å². The smallest absolute Gasteiger partial charge is 0.278 e. The van der Waals surface area contributed by atoms with Gasteiger partial charge >= 0.3 is 0 Å². The maximum atomic E-state index is 13.0. The van der Waals surface area contributed by atoms with Crippen molar-refractivity contribution in [1.82, 2.24) is 9.80 Å². The molecule has 2 amide bonds. The number of ether oxygens (including phenoxy) is 1. The lowest BCUT2D eigenvalue weighted by molar-refractivity contribution is -0.137. The van der Waals surface area contributed by atoms with Gasteiger partial charge in [0.1, 0.15) is 11.4 Å². The molecule has 0 aromatic heterocycles. The normalized spacial score (nSPS) is 18.4. The SMILES string of the molecule is C=CCN1C(=O)C(c2ccc(OCCC)cc2)=C(N2CCC(C)CC2)C1=O. The van der Waals surface area contributed by atoms with Crippen LogP contribution in [-0.2, 0) is 9.59 Å². The summed E-state index contributed by atoms with van der Waals surface area (Å²) in [7, 11) is 0. The third-order valence-corrected chi connectivity index (χ3v) is 5.17. The number of likely N-dealkylation sites (tertiary alicyclic amines) is 1. The second kappa shape index (κ2) is 8.42. The van der Waals surface area contributed by atoms with Crippen molar-refractivity contribution < 1.29 is 14.3 Å². The van der Waals surface area contributed by atoms with Crippen molar-refractivity contribution in [2.75, 3.05) is 26.2 Å². The van der Waals surface area contributed by atoms with Gasteiger partial charge in [-0.3, -0.25) is 14.5 Å². The molecule has 2 aliphatic heterocycles. The van der Waals surface area contributed by atoms with Crippen LogP contribution in [-0.4, -0.2) is 47.9 Å². The van der Waals surface area contributed by atoms with E-state index in [-0.39, 0.29) is 18.4 Å². The van der Waals surface area contributed by atoms with Crippen LogP contribution < -0.4 is 4.74 Å². The third kappa shape index (κ3) is 3.92. The van der Waals surface area contributed by atoms with E-state index in [9.17, 15) is 9.59 Å². The van der Waals surface area contributed by atoms with Crippen molar-refractivity contribution in [2.45, 2.75) is 33.1 Å². The van der Waals surface area contributed by atoms with Crippen molar-refractivity contribution in [1.29, 1.82) is 0 Å². The molecule has 144 valence electrons. The summed E-state index contributed by atoms with van der Waals surface area (Å²) in [5.74, 6) is 0.970. The third-order valence-electron chi connectivity index (χ3n) is 5.17. The summed E-state index contributed by atoms with van der Waals surface area (Å²) in [6.07, 6.45) is 4.59. The molecule has 0 spiro atoms. The van der Waals surface area contributed by atoms with E-state index in [0.717, 1.165) is 43.7 Å². The molecule has 1 aromatic carbocycles. The summed E-state index contributed by atoms with van der Waals surface area (Å²) in [4.78, 5) is 29.4. The number of carbonyl (C=O) groups excluding carboxylic acids is 2. The Kier molecular flexibility index (Phi) is 5.99. The van der Waals surface area contributed by atoms with Crippen molar-refractivity contribution in [2.24, 2.45) is 5.92 Å². The molecule has 3 rings (SSSR count). The molecule has 1 fully saturated rings. The quantitative estimate of drug-likeness (QED) is 0.546. The fraction of sp³-hybridized carbons (Fsp3) is 0.455. The van der Waals surface area contributed by atoms with Gasteiger partial charge in [0, 0.05) is 19.6 Å². The zero-order valence-electron chi connectivity index (χ0n) is 16.2. The molecule has 5 nitrogen and oxygen atoms in total. The van der Waals surface area contributed by atoms with Gasteiger partial charge in [-0.2, -0.15) is 0 Å². The van der Waals surface area contributed by atoms with Crippen LogP contribution in [0.3, 0.4) is 0 Å². The maximum absolute atomic E-state index is 13.0. The highest BCUT2D eigenvalue weighted by Gasteiger charge is 2.41. The zero-order valence-corrected chi connectivity index (χ0v) is 16.2. The molecular formula is C22H28N2O3. The van der Waals surface area contributed by atoms with E-state index in [2.05, 4.69) is 25.3 Å². The number of benzene rings is 1. The monoisotopic (exact) mass is 368 g/mol. The Bertz CT molecular complexity index is 743. The second-order valence-electron chi connectivity index (χ2n) is 7.28.